The second-order valence-electron chi connectivity index (χ2n) is 41.8. The van der Waals surface area contributed by atoms with Crippen molar-refractivity contribution in [2.75, 3.05) is 68.7 Å². The Labute approximate surface area is 614 Å². The maximum absolute atomic E-state index is 5.93. The van der Waals surface area contributed by atoms with Gasteiger partial charge in [-0.05, 0) is 271 Å². The zero-order valence-corrected chi connectivity index (χ0v) is 70.3. The molecule has 0 unspecified atom stereocenters. The first-order valence-corrected chi connectivity index (χ1v) is 41.1. The van der Waals surface area contributed by atoms with Gasteiger partial charge in [-0.1, -0.05) is 93.9 Å². The quantitative estimate of drug-likeness (QED) is 0.0454. The highest BCUT2D eigenvalue weighted by Crippen LogP contribution is 2.49. The molecule has 6 fully saturated rings. The van der Waals surface area contributed by atoms with Crippen LogP contribution in [0.25, 0.3) is 0 Å². The second kappa shape index (κ2) is 31.6. The third-order valence-electron chi connectivity index (χ3n) is 23.3. The molecule has 2 aromatic heterocycles. The highest BCUT2D eigenvalue weighted by molar-refractivity contribution is 5.51. The van der Waals surface area contributed by atoms with Crippen LogP contribution in [0, 0.1) is 10.8 Å². The van der Waals surface area contributed by atoms with Crippen molar-refractivity contribution in [1.82, 2.24) is 56.5 Å². The van der Waals surface area contributed by atoms with Gasteiger partial charge in [-0.3, -0.25) is 0 Å². The van der Waals surface area contributed by atoms with Gasteiger partial charge >= 0.3 is 0 Å². The molecule has 0 atom stereocenters. The summed E-state index contributed by atoms with van der Waals surface area (Å²) in [6, 6.07) is 1.63. The number of hydrogen-bond donors (Lipinski definition) is 5. The van der Waals surface area contributed by atoms with Gasteiger partial charge in [0.15, 0.2) is 0 Å². The minimum absolute atomic E-state index is 0.0376. The van der Waals surface area contributed by atoms with Gasteiger partial charge in [0.1, 0.15) is 0 Å². The van der Waals surface area contributed by atoms with Gasteiger partial charge in [-0.25, -0.2) is 0 Å². The van der Waals surface area contributed by atoms with Crippen LogP contribution < -0.4 is 56.0 Å². The Bertz CT molecular complexity index is 2500. The molecule has 1 aliphatic carbocycles. The van der Waals surface area contributed by atoms with Crippen molar-refractivity contribution in [3.05, 3.63) is 0 Å². The summed E-state index contributed by atoms with van der Waals surface area (Å²) < 4.78 is 0. The van der Waals surface area contributed by atoms with Crippen molar-refractivity contribution >= 4 is 35.7 Å². The molecule has 0 radical (unpaired) electrons. The van der Waals surface area contributed by atoms with Gasteiger partial charge in [0.05, 0.1) is 0 Å². The summed E-state index contributed by atoms with van der Waals surface area (Å²) in [5.41, 5.74) is -0.142. The largest absolute Gasteiger partial charge is 0.338 e. The van der Waals surface area contributed by atoms with E-state index in [9.17, 15) is 0 Å². The molecule has 100 heavy (non-hydrogen) atoms. The summed E-state index contributed by atoms with van der Waals surface area (Å²) in [5.74, 6) is 5.24. The number of rotatable bonds is 31. The summed E-state index contributed by atoms with van der Waals surface area (Å²) in [4.78, 5) is 51.4. The molecule has 1 saturated carbocycles. The summed E-state index contributed by atoms with van der Waals surface area (Å²) in [6.45, 7) is 72.9. The smallest absolute Gasteiger partial charge is 0.232 e. The van der Waals surface area contributed by atoms with Gasteiger partial charge in [-0.2, -0.15) is 29.9 Å². The first-order chi connectivity index (χ1) is 46.1. The van der Waals surface area contributed by atoms with Crippen LogP contribution in [0.1, 0.15) is 354 Å². The Hall–Kier alpha value is -3.38. The Morgan fingerprint density at radius 2 is 0.380 bits per heavy atom. The van der Waals surface area contributed by atoms with Crippen LogP contribution in [0.4, 0.5) is 35.7 Å². The zero-order chi connectivity index (χ0) is 74.1. The van der Waals surface area contributed by atoms with Crippen molar-refractivity contribution < 1.29 is 0 Å². The van der Waals surface area contributed by atoms with E-state index in [-0.39, 0.29) is 102 Å². The first-order valence-electron chi connectivity index (χ1n) is 41.1. The Morgan fingerprint density at radius 1 is 0.230 bits per heavy atom. The van der Waals surface area contributed by atoms with Crippen molar-refractivity contribution in [3.8, 4) is 0 Å². The minimum atomic E-state index is -0.0791. The SMILES string of the molecule is CCCCN(c1nc(N(CCCCCCN(c2nc(N(CCCC)C3CC(C)(C)NC(C)(C)C3)nc(N(CCCC)C3CC(C)(C)NC(C)(C)C3)n2)C2CC(C)(C)NC(C)(C)C2)C2CC(C)(C)CC(C)(C)C2)nc(N(CCCC)C2CC(C)(C)NC(C)(C)C2)n1)C1CC(C)(C)NC(C)(C)C1. The Balaban J connectivity index is 1.21. The van der Waals surface area contributed by atoms with Crippen molar-refractivity contribution in [2.24, 2.45) is 10.8 Å². The molecule has 5 saturated heterocycles. The monoisotopic (exact) mass is 1390 g/mol. The van der Waals surface area contributed by atoms with Gasteiger partial charge in [-0.15, -0.1) is 0 Å². The molecule has 5 aliphatic heterocycles. The highest BCUT2D eigenvalue weighted by Gasteiger charge is 2.49. The lowest BCUT2D eigenvalue weighted by Gasteiger charge is -2.51. The summed E-state index contributed by atoms with van der Waals surface area (Å²) >= 11 is 0. The Kier molecular flexibility index (Phi) is 26.0. The number of nitrogens with zero attached hydrogens (tertiary/aromatic N) is 12. The van der Waals surface area contributed by atoms with E-state index in [4.69, 9.17) is 29.9 Å². The van der Waals surface area contributed by atoms with E-state index in [1.165, 1.54) is 6.42 Å². The standard InChI is InChI=1S/C83H157N17/c1-29-33-41-95(61-49-74(9,10)90-75(11,12)50-61)66-84-67(96(42-34-30-2)62-51-76(13,14)91-77(15,16)52-62)87-70(86-66)99(60-47-72(5,6)59-73(7,8)48-60)45-39-37-38-40-46-100(65-57-82(25,26)94-83(27,28)58-65)71-88-68(97(43-35-31-3)63-53-78(17,18)92-79(19,20)54-63)85-69(89-71)98(44-36-32-4)64-55-80(21,22)93-81(23,24)56-64/h60-65,90-94H,29-59H2,1-28H3. The van der Waals surface area contributed by atoms with Crippen LogP contribution in [0.3, 0.4) is 0 Å². The molecule has 2 aromatic rings. The van der Waals surface area contributed by atoms with E-state index in [1.807, 2.05) is 0 Å². The molecule has 0 amide bonds. The molecular weight excluding hydrogens is 1240 g/mol. The molecule has 0 aromatic carbocycles. The number of aromatic nitrogens is 6. The number of anilines is 6. The zero-order valence-electron chi connectivity index (χ0n) is 70.3. The van der Waals surface area contributed by atoms with Gasteiger partial charge in [0.25, 0.3) is 0 Å². The van der Waals surface area contributed by atoms with Crippen LogP contribution in [-0.4, -0.2) is 161 Å². The van der Waals surface area contributed by atoms with E-state index in [0.717, 1.165) is 229 Å². The summed E-state index contributed by atoms with van der Waals surface area (Å²) in [6.07, 6.45) is 26.7. The minimum Gasteiger partial charge on any atom is -0.338 e. The van der Waals surface area contributed by atoms with Gasteiger partial charge in [0, 0.05) is 131 Å². The summed E-state index contributed by atoms with van der Waals surface area (Å²) in [5, 5.41) is 20.2. The lowest BCUT2D eigenvalue weighted by Crippen LogP contribution is -2.63. The fraction of sp³-hybridized carbons (Fsp3) is 0.928. The van der Waals surface area contributed by atoms with Crippen LogP contribution >= 0.6 is 0 Å². The van der Waals surface area contributed by atoms with Crippen LogP contribution in [0.15, 0.2) is 0 Å². The third-order valence-corrected chi connectivity index (χ3v) is 23.3. The molecule has 8 rings (SSSR count). The lowest BCUT2D eigenvalue weighted by molar-refractivity contribution is 0.0946. The third kappa shape index (κ3) is 23.1. The first kappa shape index (κ1) is 82.3. The molecule has 7 heterocycles. The van der Waals surface area contributed by atoms with Crippen molar-refractivity contribution in [2.45, 2.75) is 446 Å². The molecule has 6 aliphatic rings. The predicted octanol–water partition coefficient (Wildman–Crippen LogP) is 17.5. The molecule has 574 valence electrons. The number of piperidine rings is 5. The van der Waals surface area contributed by atoms with Crippen molar-refractivity contribution in [3.63, 3.8) is 0 Å². The average Bonchev–Trinajstić information content (AvgIpc) is 0.757. The van der Waals surface area contributed by atoms with Gasteiger partial charge < -0.3 is 56.0 Å². The normalized spacial score (nSPS) is 24.7. The second-order valence-corrected chi connectivity index (χ2v) is 41.8. The number of nitrogens with one attached hydrogen (secondary N) is 5. The molecule has 17 nitrogen and oxygen atoms in total. The van der Waals surface area contributed by atoms with Crippen LogP contribution in [0.2, 0.25) is 0 Å². The number of unbranched alkanes of at least 4 members (excludes halogenated alkanes) is 7. The average molecular weight is 1390 g/mol. The fourth-order valence-electron chi connectivity index (χ4n) is 21.8. The van der Waals surface area contributed by atoms with Crippen LogP contribution in [0.5, 0.6) is 0 Å². The number of hydrogen-bond acceptors (Lipinski definition) is 17. The predicted molar refractivity (Wildman–Crippen MR) is 429 cm³/mol. The molecule has 0 bridgehead atoms. The van der Waals surface area contributed by atoms with Gasteiger partial charge in [0.2, 0.25) is 35.7 Å². The molecule has 0 spiro atoms. The molecule has 17 heteroatoms. The maximum Gasteiger partial charge on any atom is 0.232 e. The molecular formula is C83H157N17. The maximum atomic E-state index is 5.93. The molecule has 5 N–H and O–H groups in total. The van der Waals surface area contributed by atoms with E-state index in [0.29, 0.717) is 0 Å². The van der Waals surface area contributed by atoms with E-state index in [1.54, 1.807) is 0 Å². The fourth-order valence-corrected chi connectivity index (χ4v) is 21.8. The summed E-state index contributed by atoms with van der Waals surface area (Å²) in [7, 11) is 0. The highest BCUT2D eigenvalue weighted by atomic mass is 15.4. The van der Waals surface area contributed by atoms with E-state index >= 15 is 0 Å². The van der Waals surface area contributed by atoms with E-state index in [2.05, 4.69) is 250 Å². The topological polar surface area (TPSA) is 157 Å². The van der Waals surface area contributed by atoms with E-state index < -0.39 is 0 Å². The van der Waals surface area contributed by atoms with Crippen molar-refractivity contribution in [1.29, 1.82) is 0 Å². The van der Waals surface area contributed by atoms with Crippen LogP contribution in [-0.2, 0) is 0 Å². The Morgan fingerprint density at radius 3 is 0.540 bits per heavy atom. The lowest BCUT2D eigenvalue weighted by atomic mass is 9.63.